The summed E-state index contributed by atoms with van der Waals surface area (Å²) in [6, 6.07) is 17.5. The Bertz CT molecular complexity index is 2230. The Kier molecular flexibility index (Phi) is 11.9. The Labute approximate surface area is 357 Å². The SMILES string of the molecule is C[C@H](NC(=O)OCC1c2ccccc2-c2ccccc21)C(=O)N[C@H]1[C@@H]2CN[C@@H](C(=O)N[C@@H](C)C(=O)N[C@H]3[C@@H]4CN[C@@H](C(=O)NCC(=O)N[C@@H](Cc5ccc(O)cc5)C(N)=O)[C@H]43)[C@H]21. The molecule has 5 aliphatic rings. The molecule has 11 atom stereocenters. The number of phenols is 1. The summed E-state index contributed by atoms with van der Waals surface area (Å²) in [7, 11) is 0. The number of rotatable bonds is 16. The van der Waals surface area contributed by atoms with E-state index in [9.17, 15) is 38.7 Å². The van der Waals surface area contributed by atoms with E-state index in [0.717, 1.165) is 22.3 Å². The zero-order valence-electron chi connectivity index (χ0n) is 34.2. The maximum absolute atomic E-state index is 13.3. The van der Waals surface area contributed by atoms with Crippen molar-refractivity contribution in [3.8, 4) is 16.9 Å². The average molecular weight is 850 g/mol. The minimum atomic E-state index is -1.02. The summed E-state index contributed by atoms with van der Waals surface area (Å²) in [5.74, 6) is -3.44. The van der Waals surface area contributed by atoms with Crippen LogP contribution in [0.3, 0.4) is 0 Å². The third kappa shape index (κ3) is 8.78. The van der Waals surface area contributed by atoms with Gasteiger partial charge in [0.15, 0.2) is 0 Å². The van der Waals surface area contributed by atoms with Crippen LogP contribution in [0.1, 0.15) is 36.5 Å². The van der Waals surface area contributed by atoms with Gasteiger partial charge in [-0.3, -0.25) is 28.8 Å². The normalized spacial score (nSPS) is 26.2. The van der Waals surface area contributed by atoms with Crippen LogP contribution >= 0.6 is 0 Å². The second-order valence-electron chi connectivity index (χ2n) is 16.9. The summed E-state index contributed by atoms with van der Waals surface area (Å²) >= 11 is 0. The number of nitrogens with one attached hydrogen (secondary N) is 8. The molecular weight excluding hydrogens is 799 g/mol. The van der Waals surface area contributed by atoms with Crippen LogP contribution in [0, 0.1) is 23.7 Å². The van der Waals surface area contributed by atoms with Gasteiger partial charge in [-0.15, -0.1) is 0 Å². The van der Waals surface area contributed by atoms with Gasteiger partial charge >= 0.3 is 6.09 Å². The van der Waals surface area contributed by atoms with Gasteiger partial charge in [0.05, 0.1) is 18.6 Å². The summed E-state index contributed by atoms with van der Waals surface area (Å²) in [5.41, 5.74) is 10.5. The number of ether oxygens (including phenoxy) is 1. The summed E-state index contributed by atoms with van der Waals surface area (Å²) in [6.07, 6.45) is -0.603. The molecule has 2 heterocycles. The van der Waals surface area contributed by atoms with E-state index in [-0.39, 0.29) is 66.4 Å². The first-order valence-corrected chi connectivity index (χ1v) is 20.9. The zero-order valence-corrected chi connectivity index (χ0v) is 34.2. The smallest absolute Gasteiger partial charge is 0.407 e. The molecule has 0 bridgehead atoms. The quantitative estimate of drug-likeness (QED) is 0.0823. The number of aromatic hydroxyl groups is 1. The van der Waals surface area contributed by atoms with Gasteiger partial charge < -0.3 is 58.1 Å². The molecule has 0 aromatic heterocycles. The third-order valence-corrected chi connectivity index (χ3v) is 12.9. The van der Waals surface area contributed by atoms with Gasteiger partial charge in [0.2, 0.25) is 35.4 Å². The van der Waals surface area contributed by atoms with Crippen molar-refractivity contribution in [2.45, 2.75) is 68.5 Å². The lowest BCUT2D eigenvalue weighted by Crippen LogP contribution is -2.54. The molecule has 18 nitrogen and oxygen atoms in total. The maximum atomic E-state index is 13.3. The van der Waals surface area contributed by atoms with E-state index >= 15 is 0 Å². The van der Waals surface area contributed by atoms with Crippen LogP contribution in [-0.4, -0.2) is 115 Å². The predicted molar refractivity (Wildman–Crippen MR) is 223 cm³/mol. The molecule has 11 N–H and O–H groups in total. The van der Waals surface area contributed by atoms with Crippen molar-refractivity contribution in [3.05, 3.63) is 89.5 Å². The number of hydrogen-bond acceptors (Lipinski definition) is 11. The highest BCUT2D eigenvalue weighted by Gasteiger charge is 2.62. The molecule has 4 fully saturated rings. The Hall–Kier alpha value is -6.53. The summed E-state index contributed by atoms with van der Waals surface area (Å²) in [4.78, 5) is 90.1. The average Bonchev–Trinajstić information content (AvgIpc) is 3.83. The number of fused-ring (bicyclic) bond motifs is 5. The zero-order chi connectivity index (χ0) is 43.8. The summed E-state index contributed by atoms with van der Waals surface area (Å²) in [6.45, 7) is 3.83. The second-order valence-corrected chi connectivity index (χ2v) is 16.9. The van der Waals surface area contributed by atoms with Gasteiger partial charge in [-0.05, 0) is 65.6 Å². The monoisotopic (exact) mass is 849 g/mol. The van der Waals surface area contributed by atoms with Crippen molar-refractivity contribution in [2.75, 3.05) is 26.2 Å². The van der Waals surface area contributed by atoms with Crippen LogP contribution in [0.4, 0.5) is 4.79 Å². The van der Waals surface area contributed by atoms with Gasteiger partial charge in [0.1, 0.15) is 30.5 Å². The molecule has 3 aromatic carbocycles. The highest BCUT2D eigenvalue weighted by molar-refractivity contribution is 5.93. The minimum Gasteiger partial charge on any atom is -0.508 e. The van der Waals surface area contributed by atoms with Gasteiger partial charge in [0, 0.05) is 49.3 Å². The molecule has 7 amide bonds. The molecule has 0 radical (unpaired) electrons. The Morgan fingerprint density at radius 2 is 1.26 bits per heavy atom. The van der Waals surface area contributed by atoms with E-state index < -0.39 is 72.4 Å². The van der Waals surface area contributed by atoms with E-state index in [0.29, 0.717) is 18.7 Å². The molecule has 18 heteroatoms. The number of nitrogens with two attached hydrogens (primary N) is 1. The first-order chi connectivity index (χ1) is 29.8. The molecule has 8 rings (SSSR count). The highest BCUT2D eigenvalue weighted by Crippen LogP contribution is 2.47. The molecule has 3 aromatic rings. The number of alkyl carbamates (subject to hydrolysis) is 1. The van der Waals surface area contributed by atoms with Crippen molar-refractivity contribution in [3.63, 3.8) is 0 Å². The molecule has 2 saturated heterocycles. The fourth-order valence-electron chi connectivity index (χ4n) is 9.42. The molecule has 3 aliphatic carbocycles. The van der Waals surface area contributed by atoms with Gasteiger partial charge in [-0.25, -0.2) is 4.79 Å². The standard InChI is InChI=1S/C44H51N9O9/c1-20(40(57)52-35-28-16-46-37(33(28)35)42(59)48-18-32(55)51-31(39(45)56)15-22-11-13-23(54)14-12-22)49-43(60)38-34-29(17-47-38)36(34)53-41(58)21(2)50-44(61)62-19-30-26-9-5-3-7-24(26)25-8-4-6-10-27(25)30/h3-14,20-21,28-31,33-38,46-47,54H,15-19H2,1-2H3,(H2,45,56)(H,48,59)(H,49,60)(H,50,61)(H,51,55)(H,52,57)(H,53,58)/t20-,21-,28+,29+,31-,33+,34+,35-,36-,37+,38+/m0/s1. The van der Waals surface area contributed by atoms with E-state index in [1.807, 2.05) is 36.4 Å². The fraction of sp³-hybridized carbons (Fsp3) is 0.432. The molecule has 326 valence electrons. The fourth-order valence-corrected chi connectivity index (χ4v) is 9.42. The highest BCUT2D eigenvalue weighted by atomic mass is 16.5. The number of piperidine rings is 2. The van der Waals surface area contributed by atoms with Crippen LogP contribution in [0.5, 0.6) is 5.75 Å². The molecule has 62 heavy (non-hydrogen) atoms. The predicted octanol–water partition coefficient (Wildman–Crippen LogP) is -1.14. The van der Waals surface area contributed by atoms with Crippen molar-refractivity contribution in [1.82, 2.24) is 42.5 Å². The number of amides is 7. The van der Waals surface area contributed by atoms with Crippen LogP contribution in [0.15, 0.2) is 72.8 Å². The van der Waals surface area contributed by atoms with Gasteiger partial charge in [-0.1, -0.05) is 60.7 Å². The van der Waals surface area contributed by atoms with Crippen LogP contribution in [0.25, 0.3) is 11.1 Å². The number of primary amides is 1. The number of benzene rings is 3. The van der Waals surface area contributed by atoms with Gasteiger partial charge in [-0.2, -0.15) is 0 Å². The second kappa shape index (κ2) is 17.4. The third-order valence-electron chi connectivity index (χ3n) is 12.9. The Morgan fingerprint density at radius 3 is 1.82 bits per heavy atom. The number of hydrogen-bond donors (Lipinski definition) is 10. The van der Waals surface area contributed by atoms with Crippen LogP contribution in [-0.2, 0) is 39.9 Å². The number of phenolic OH excluding ortho intramolecular Hbond substituents is 1. The Balaban J connectivity index is 0.737. The van der Waals surface area contributed by atoms with Crippen LogP contribution < -0.4 is 48.3 Å². The molecule has 2 saturated carbocycles. The number of carbonyl (C=O) groups excluding carboxylic acids is 7. The summed E-state index contributed by atoms with van der Waals surface area (Å²) < 4.78 is 5.60. The van der Waals surface area contributed by atoms with Crippen LogP contribution in [0.2, 0.25) is 0 Å². The lowest BCUT2D eigenvalue weighted by atomic mass is 9.98. The molecular formula is C44H51N9O9. The van der Waals surface area contributed by atoms with Crippen molar-refractivity contribution in [1.29, 1.82) is 0 Å². The topological polar surface area (TPSA) is 271 Å². The maximum Gasteiger partial charge on any atom is 0.407 e. The van der Waals surface area contributed by atoms with E-state index in [4.69, 9.17) is 10.5 Å². The van der Waals surface area contributed by atoms with E-state index in [2.05, 4.69) is 54.7 Å². The molecule has 0 spiro atoms. The van der Waals surface area contributed by atoms with Crippen molar-refractivity contribution < 1.29 is 43.4 Å². The van der Waals surface area contributed by atoms with Crippen molar-refractivity contribution in [2.24, 2.45) is 29.4 Å². The van der Waals surface area contributed by atoms with E-state index in [1.54, 1.807) is 26.0 Å². The first kappa shape index (κ1) is 42.2. The summed E-state index contributed by atoms with van der Waals surface area (Å²) in [5, 5.41) is 32.2. The number of carbonyl (C=O) groups is 7. The molecule has 2 aliphatic heterocycles. The largest absolute Gasteiger partial charge is 0.508 e. The van der Waals surface area contributed by atoms with Gasteiger partial charge in [0.25, 0.3) is 0 Å². The molecule has 0 unspecified atom stereocenters. The first-order valence-electron chi connectivity index (χ1n) is 20.9. The van der Waals surface area contributed by atoms with E-state index in [1.165, 1.54) is 12.1 Å². The lowest BCUT2D eigenvalue weighted by molar-refractivity contribution is -0.130. The minimum absolute atomic E-state index is 0.00916. The Morgan fingerprint density at radius 1 is 0.726 bits per heavy atom. The lowest BCUT2D eigenvalue weighted by Gasteiger charge is -2.21. The van der Waals surface area contributed by atoms with Crippen molar-refractivity contribution >= 4 is 41.5 Å².